The van der Waals surface area contributed by atoms with Crippen LogP contribution in [0.4, 0.5) is 0 Å². The van der Waals surface area contributed by atoms with Gasteiger partial charge in [0.05, 0.1) is 21.8 Å². The minimum absolute atomic E-state index is 0.156. The average Bonchev–Trinajstić information content (AvgIpc) is 3.32. The fourth-order valence-electron chi connectivity index (χ4n) is 3.98. The second kappa shape index (κ2) is 8.59. The summed E-state index contributed by atoms with van der Waals surface area (Å²) in [5, 5.41) is 5.00. The predicted molar refractivity (Wildman–Crippen MR) is 132 cm³/mol. The molecule has 6 nitrogen and oxygen atoms in total. The fourth-order valence-corrected chi connectivity index (χ4v) is 5.40. The lowest BCUT2D eigenvalue weighted by Gasteiger charge is -2.15. The fraction of sp³-hybridized carbons (Fsp3) is 0.0769. The SMILES string of the molecule is Cc1cc(-c2ccc(Cl)cc2)ccc1-n1c(=O)ccc2cc(S(=O)(=O)Cc3ccon3)ccc21. The van der Waals surface area contributed by atoms with Gasteiger partial charge in [-0.25, -0.2) is 8.42 Å². The quantitative estimate of drug-likeness (QED) is 0.321. The van der Waals surface area contributed by atoms with Gasteiger partial charge in [-0.3, -0.25) is 9.36 Å². The molecule has 5 rings (SSSR count). The number of nitrogens with zero attached hydrogens (tertiary/aromatic N) is 2. The van der Waals surface area contributed by atoms with Crippen molar-refractivity contribution in [1.82, 2.24) is 9.72 Å². The van der Waals surface area contributed by atoms with E-state index >= 15 is 0 Å². The second-order valence-electron chi connectivity index (χ2n) is 7.99. The molecule has 2 aromatic heterocycles. The Kier molecular flexibility index (Phi) is 5.59. The highest BCUT2D eigenvalue weighted by Crippen LogP contribution is 2.28. The molecule has 0 saturated carbocycles. The van der Waals surface area contributed by atoms with Gasteiger partial charge in [0, 0.05) is 22.5 Å². The summed E-state index contributed by atoms with van der Waals surface area (Å²) in [7, 11) is -3.63. The first-order valence-electron chi connectivity index (χ1n) is 10.5. The summed E-state index contributed by atoms with van der Waals surface area (Å²) in [5.74, 6) is -0.264. The first-order chi connectivity index (χ1) is 16.3. The zero-order chi connectivity index (χ0) is 23.9. The van der Waals surface area contributed by atoms with Crippen LogP contribution in [-0.4, -0.2) is 18.1 Å². The molecule has 34 heavy (non-hydrogen) atoms. The van der Waals surface area contributed by atoms with Gasteiger partial charge in [0.2, 0.25) is 0 Å². The standard InChI is InChI=1S/C26H19ClN2O4S/c1-17-14-19(18-2-6-21(27)7-3-18)4-9-24(17)29-25-10-8-23(15-20(25)5-11-26(29)30)34(31,32)16-22-12-13-33-28-22/h2-15H,16H2,1H3. The molecule has 8 heteroatoms. The number of hydrogen-bond acceptors (Lipinski definition) is 5. The molecule has 0 bridgehead atoms. The summed E-state index contributed by atoms with van der Waals surface area (Å²) in [5.41, 5.74) is 4.42. The summed E-state index contributed by atoms with van der Waals surface area (Å²) in [6.45, 7) is 1.94. The van der Waals surface area contributed by atoms with Crippen molar-refractivity contribution in [3.8, 4) is 16.8 Å². The van der Waals surface area contributed by atoms with Crippen molar-refractivity contribution in [2.75, 3.05) is 0 Å². The van der Waals surface area contributed by atoms with Crippen molar-refractivity contribution in [1.29, 1.82) is 0 Å². The summed E-state index contributed by atoms with van der Waals surface area (Å²) in [6.07, 6.45) is 1.34. The number of aryl methyl sites for hydroxylation is 1. The van der Waals surface area contributed by atoms with Crippen LogP contribution in [0.2, 0.25) is 5.02 Å². The van der Waals surface area contributed by atoms with Gasteiger partial charge in [-0.05, 0) is 72.1 Å². The van der Waals surface area contributed by atoms with Gasteiger partial charge in [-0.2, -0.15) is 0 Å². The highest BCUT2D eigenvalue weighted by Gasteiger charge is 2.19. The van der Waals surface area contributed by atoms with E-state index in [1.165, 1.54) is 24.5 Å². The highest BCUT2D eigenvalue weighted by atomic mass is 35.5. The lowest BCUT2D eigenvalue weighted by atomic mass is 10.0. The summed E-state index contributed by atoms with van der Waals surface area (Å²) >= 11 is 6.00. The third kappa shape index (κ3) is 4.16. The maximum absolute atomic E-state index is 12.9. The smallest absolute Gasteiger partial charge is 0.255 e. The van der Waals surface area contributed by atoms with Crippen molar-refractivity contribution in [3.63, 3.8) is 0 Å². The number of fused-ring (bicyclic) bond motifs is 1. The zero-order valence-electron chi connectivity index (χ0n) is 18.1. The third-order valence-electron chi connectivity index (χ3n) is 5.67. The Labute approximate surface area is 200 Å². The highest BCUT2D eigenvalue weighted by molar-refractivity contribution is 7.90. The summed E-state index contributed by atoms with van der Waals surface area (Å²) in [6, 6.07) is 22.8. The molecule has 0 radical (unpaired) electrons. The van der Waals surface area contributed by atoms with Crippen molar-refractivity contribution >= 4 is 32.3 Å². The molecule has 0 atom stereocenters. The predicted octanol–water partition coefficient (Wildman–Crippen LogP) is 5.58. The van der Waals surface area contributed by atoms with E-state index < -0.39 is 9.84 Å². The first-order valence-corrected chi connectivity index (χ1v) is 12.5. The topological polar surface area (TPSA) is 82.2 Å². The van der Waals surface area contributed by atoms with Gasteiger partial charge in [0.1, 0.15) is 12.0 Å². The molecule has 0 spiro atoms. The van der Waals surface area contributed by atoms with E-state index in [1.54, 1.807) is 22.8 Å². The van der Waals surface area contributed by atoms with Crippen LogP contribution in [0.5, 0.6) is 0 Å². The summed E-state index contributed by atoms with van der Waals surface area (Å²) < 4.78 is 32.0. The van der Waals surface area contributed by atoms with E-state index in [2.05, 4.69) is 5.16 Å². The van der Waals surface area contributed by atoms with E-state index in [0.717, 1.165) is 22.4 Å². The van der Waals surface area contributed by atoms with Crippen LogP contribution in [0.25, 0.3) is 27.7 Å². The minimum atomic E-state index is -3.63. The number of sulfone groups is 1. The number of benzene rings is 3. The van der Waals surface area contributed by atoms with Crippen LogP contribution in [0, 0.1) is 6.92 Å². The number of halogens is 1. The van der Waals surface area contributed by atoms with Crippen LogP contribution >= 0.6 is 11.6 Å². The number of hydrogen-bond donors (Lipinski definition) is 0. The van der Waals surface area contributed by atoms with Gasteiger partial charge in [-0.1, -0.05) is 35.0 Å². The Balaban J connectivity index is 1.58. The minimum Gasteiger partial charge on any atom is -0.364 e. The molecule has 0 aliphatic carbocycles. The number of aromatic nitrogens is 2. The van der Waals surface area contributed by atoms with Crippen LogP contribution < -0.4 is 5.56 Å². The van der Waals surface area contributed by atoms with Gasteiger partial charge < -0.3 is 4.52 Å². The normalized spacial score (nSPS) is 11.7. The lowest BCUT2D eigenvalue weighted by molar-refractivity contribution is 0.413. The molecular formula is C26H19ClN2O4S. The van der Waals surface area contributed by atoms with Crippen LogP contribution in [-0.2, 0) is 15.6 Å². The lowest BCUT2D eigenvalue weighted by Crippen LogP contribution is -2.18. The molecule has 0 fully saturated rings. The van der Waals surface area contributed by atoms with Crippen molar-refractivity contribution in [2.45, 2.75) is 17.6 Å². The van der Waals surface area contributed by atoms with Gasteiger partial charge in [0.15, 0.2) is 9.84 Å². The Morgan fingerprint density at radius 1 is 0.912 bits per heavy atom. The molecule has 5 aromatic rings. The number of rotatable bonds is 5. The van der Waals surface area contributed by atoms with Crippen molar-refractivity contribution < 1.29 is 12.9 Å². The monoisotopic (exact) mass is 490 g/mol. The third-order valence-corrected chi connectivity index (χ3v) is 7.57. The largest absolute Gasteiger partial charge is 0.364 e. The van der Waals surface area contributed by atoms with E-state index in [1.807, 2.05) is 49.4 Å². The number of pyridine rings is 1. The van der Waals surface area contributed by atoms with Crippen LogP contribution in [0.15, 0.2) is 99.3 Å². The molecule has 0 aliphatic rings. The second-order valence-corrected chi connectivity index (χ2v) is 10.4. The molecule has 0 saturated heterocycles. The summed E-state index contributed by atoms with van der Waals surface area (Å²) in [4.78, 5) is 13.0. The van der Waals surface area contributed by atoms with E-state index in [-0.39, 0.29) is 16.2 Å². The molecule has 0 aliphatic heterocycles. The first kappa shape index (κ1) is 22.1. The van der Waals surface area contributed by atoms with Gasteiger partial charge in [0.25, 0.3) is 5.56 Å². The van der Waals surface area contributed by atoms with Crippen LogP contribution in [0.3, 0.4) is 0 Å². The van der Waals surface area contributed by atoms with Crippen molar-refractivity contribution in [3.05, 3.63) is 112 Å². The van der Waals surface area contributed by atoms with Gasteiger partial charge >= 0.3 is 0 Å². The Morgan fingerprint density at radius 3 is 2.38 bits per heavy atom. The van der Waals surface area contributed by atoms with E-state index in [9.17, 15) is 13.2 Å². The molecule has 2 heterocycles. The Hall–Kier alpha value is -3.68. The molecule has 0 N–H and O–H groups in total. The molecule has 0 amide bonds. The van der Waals surface area contributed by atoms with E-state index in [4.69, 9.17) is 16.1 Å². The zero-order valence-corrected chi connectivity index (χ0v) is 19.7. The average molecular weight is 491 g/mol. The molecule has 0 unspecified atom stereocenters. The van der Waals surface area contributed by atoms with E-state index in [0.29, 0.717) is 21.6 Å². The maximum atomic E-state index is 12.9. The van der Waals surface area contributed by atoms with Gasteiger partial charge in [-0.15, -0.1) is 0 Å². The maximum Gasteiger partial charge on any atom is 0.255 e. The Morgan fingerprint density at radius 2 is 1.68 bits per heavy atom. The molecule has 170 valence electrons. The van der Waals surface area contributed by atoms with Crippen molar-refractivity contribution in [2.24, 2.45) is 0 Å². The van der Waals surface area contributed by atoms with Crippen LogP contribution in [0.1, 0.15) is 11.3 Å². The molecular weight excluding hydrogens is 472 g/mol. The Bertz CT molecular complexity index is 1670. The molecule has 3 aromatic carbocycles.